The van der Waals surface area contributed by atoms with Gasteiger partial charge in [0.25, 0.3) is 5.91 Å². The fourth-order valence-electron chi connectivity index (χ4n) is 4.61. The Bertz CT molecular complexity index is 1180. The average Bonchev–Trinajstić information content (AvgIpc) is 3.18. The fourth-order valence-corrected chi connectivity index (χ4v) is 4.61. The van der Waals surface area contributed by atoms with E-state index in [0.717, 1.165) is 28.6 Å². The molecule has 8 heteroatoms. The molecular weight excluding hydrogens is 404 g/mol. The minimum atomic E-state index is -1.19. The molecule has 6 nitrogen and oxygen atoms in total. The number of likely N-dealkylation sites (tertiary alicyclic amines) is 1. The summed E-state index contributed by atoms with van der Waals surface area (Å²) in [6.07, 6.45) is 2.83. The summed E-state index contributed by atoms with van der Waals surface area (Å²) >= 11 is 0. The number of para-hydroxylation sites is 1. The van der Waals surface area contributed by atoms with Gasteiger partial charge in [0.1, 0.15) is 22.7 Å². The zero-order valence-electron chi connectivity index (χ0n) is 17.2. The first-order valence-electron chi connectivity index (χ1n) is 10.1. The highest BCUT2D eigenvalue weighted by Gasteiger charge is 2.46. The predicted octanol–water partition coefficient (Wildman–Crippen LogP) is 3.90. The molecule has 2 aliphatic rings. The number of aryl methyl sites for hydroxylation is 1. The van der Waals surface area contributed by atoms with Gasteiger partial charge in [-0.15, -0.1) is 0 Å². The molecule has 1 saturated heterocycles. The third kappa shape index (κ3) is 2.89. The van der Waals surface area contributed by atoms with E-state index < -0.39 is 23.1 Å². The summed E-state index contributed by atoms with van der Waals surface area (Å²) in [4.78, 5) is 14.6. The minimum Gasteiger partial charge on any atom is -0.496 e. The van der Waals surface area contributed by atoms with E-state index in [-0.39, 0.29) is 11.3 Å². The molecule has 3 heterocycles. The van der Waals surface area contributed by atoms with E-state index in [1.165, 1.54) is 18.1 Å². The van der Waals surface area contributed by atoms with Crippen molar-refractivity contribution >= 4 is 5.91 Å². The number of amides is 1. The molecule has 0 unspecified atom stereocenters. The Balaban J connectivity index is 1.45. The van der Waals surface area contributed by atoms with Crippen molar-refractivity contribution in [1.29, 1.82) is 0 Å². The van der Waals surface area contributed by atoms with Gasteiger partial charge in [0, 0.05) is 44.1 Å². The van der Waals surface area contributed by atoms with Crippen LogP contribution in [0.25, 0.3) is 11.3 Å². The number of methoxy groups -OCH3 is 1. The summed E-state index contributed by atoms with van der Waals surface area (Å²) in [5.74, 6) is -2.07. The Kier molecular flexibility index (Phi) is 4.46. The number of hydrogen-bond acceptors (Lipinski definition) is 4. The molecule has 5 rings (SSSR count). The zero-order chi connectivity index (χ0) is 21.8. The lowest BCUT2D eigenvalue weighted by Gasteiger charge is -2.44. The van der Waals surface area contributed by atoms with Gasteiger partial charge in [-0.3, -0.25) is 9.48 Å². The van der Waals surface area contributed by atoms with Crippen LogP contribution in [0.2, 0.25) is 0 Å². The van der Waals surface area contributed by atoms with Crippen LogP contribution in [-0.2, 0) is 12.6 Å². The largest absolute Gasteiger partial charge is 0.496 e. The molecule has 1 spiro atoms. The maximum atomic E-state index is 14.4. The summed E-state index contributed by atoms with van der Waals surface area (Å²) in [5, 5.41) is 4.44. The van der Waals surface area contributed by atoms with Crippen molar-refractivity contribution in [1.82, 2.24) is 14.7 Å². The summed E-state index contributed by atoms with van der Waals surface area (Å²) in [7, 11) is 3.22. The Morgan fingerprint density at radius 2 is 1.90 bits per heavy atom. The van der Waals surface area contributed by atoms with Crippen LogP contribution in [-0.4, -0.2) is 40.8 Å². The number of halogens is 2. The van der Waals surface area contributed by atoms with Crippen LogP contribution in [0.3, 0.4) is 0 Å². The van der Waals surface area contributed by atoms with E-state index >= 15 is 0 Å². The molecule has 0 N–H and O–H groups in total. The van der Waals surface area contributed by atoms with Crippen molar-refractivity contribution in [3.05, 3.63) is 65.4 Å². The highest BCUT2D eigenvalue weighted by atomic mass is 19.2. The summed E-state index contributed by atoms with van der Waals surface area (Å²) < 4.78 is 41.6. The first-order chi connectivity index (χ1) is 14.9. The van der Waals surface area contributed by atoms with Gasteiger partial charge in [-0.05, 0) is 24.3 Å². The number of aromatic nitrogens is 2. The summed E-state index contributed by atoms with van der Waals surface area (Å²) in [6.45, 7) is 0.656. The number of carbonyl (C=O) groups excluding carboxylic acids is 1. The van der Waals surface area contributed by atoms with E-state index in [1.54, 1.807) is 0 Å². The Labute approximate surface area is 178 Å². The van der Waals surface area contributed by atoms with Crippen molar-refractivity contribution in [2.45, 2.75) is 18.4 Å². The van der Waals surface area contributed by atoms with Crippen LogP contribution in [0.15, 0.2) is 42.6 Å². The molecule has 31 heavy (non-hydrogen) atoms. The SMILES string of the molecule is COc1ccc(F)c(F)c1C(=O)N1CCC2(CC1)Oc1ccccc1-c1c2cnn1C. The first kappa shape index (κ1) is 19.5. The number of benzene rings is 2. The predicted molar refractivity (Wildman–Crippen MR) is 109 cm³/mol. The van der Waals surface area contributed by atoms with E-state index in [1.807, 2.05) is 42.2 Å². The van der Waals surface area contributed by atoms with Gasteiger partial charge in [0.05, 0.1) is 19.0 Å². The molecular formula is C23H21F2N3O3. The average molecular weight is 425 g/mol. The van der Waals surface area contributed by atoms with Crippen LogP contribution in [0, 0.1) is 11.6 Å². The minimum absolute atomic E-state index is 0.0153. The van der Waals surface area contributed by atoms with Crippen molar-refractivity contribution in [2.24, 2.45) is 7.05 Å². The number of carbonyl (C=O) groups is 1. The zero-order valence-corrected chi connectivity index (χ0v) is 17.2. The van der Waals surface area contributed by atoms with E-state index in [4.69, 9.17) is 9.47 Å². The van der Waals surface area contributed by atoms with Gasteiger partial charge in [-0.2, -0.15) is 5.10 Å². The topological polar surface area (TPSA) is 56.6 Å². The van der Waals surface area contributed by atoms with Crippen LogP contribution < -0.4 is 9.47 Å². The molecule has 160 valence electrons. The Hall–Kier alpha value is -3.42. The molecule has 0 saturated carbocycles. The molecule has 1 aromatic heterocycles. The lowest BCUT2D eigenvalue weighted by atomic mass is 9.81. The molecule has 3 aromatic rings. The molecule has 1 amide bonds. The van der Waals surface area contributed by atoms with Crippen molar-refractivity contribution in [3.8, 4) is 22.8 Å². The lowest BCUT2D eigenvalue weighted by molar-refractivity contribution is -0.00195. The van der Waals surface area contributed by atoms with Crippen molar-refractivity contribution in [3.63, 3.8) is 0 Å². The fraction of sp³-hybridized carbons (Fsp3) is 0.304. The van der Waals surface area contributed by atoms with Crippen molar-refractivity contribution < 1.29 is 23.0 Å². The monoisotopic (exact) mass is 425 g/mol. The molecule has 0 aliphatic carbocycles. The van der Waals surface area contributed by atoms with Crippen LogP contribution in [0.5, 0.6) is 11.5 Å². The maximum Gasteiger partial charge on any atom is 0.260 e. The number of ether oxygens (including phenoxy) is 2. The quantitative estimate of drug-likeness (QED) is 0.625. The second-order valence-corrected chi connectivity index (χ2v) is 7.85. The highest BCUT2D eigenvalue weighted by Crippen LogP contribution is 2.49. The summed E-state index contributed by atoms with van der Waals surface area (Å²) in [6, 6.07) is 10.0. The summed E-state index contributed by atoms with van der Waals surface area (Å²) in [5.41, 5.74) is 1.96. The second-order valence-electron chi connectivity index (χ2n) is 7.85. The number of hydrogen-bond donors (Lipinski definition) is 0. The number of nitrogens with zero attached hydrogens (tertiary/aromatic N) is 3. The van der Waals surface area contributed by atoms with E-state index in [2.05, 4.69) is 5.10 Å². The van der Waals surface area contributed by atoms with Crippen molar-refractivity contribution in [2.75, 3.05) is 20.2 Å². The smallest absolute Gasteiger partial charge is 0.260 e. The van der Waals surface area contributed by atoms with E-state index in [9.17, 15) is 13.6 Å². The number of piperidine rings is 1. The van der Waals surface area contributed by atoms with Gasteiger partial charge in [-0.25, -0.2) is 8.78 Å². The molecule has 0 radical (unpaired) electrons. The van der Waals surface area contributed by atoms with Gasteiger partial charge < -0.3 is 14.4 Å². The van der Waals surface area contributed by atoms with E-state index in [0.29, 0.717) is 25.9 Å². The first-order valence-corrected chi connectivity index (χ1v) is 10.1. The third-order valence-corrected chi connectivity index (χ3v) is 6.23. The van der Waals surface area contributed by atoms with Crippen LogP contribution in [0.1, 0.15) is 28.8 Å². The molecule has 0 atom stereocenters. The maximum absolute atomic E-state index is 14.4. The van der Waals surface area contributed by atoms with Gasteiger partial charge in [-0.1, -0.05) is 12.1 Å². The van der Waals surface area contributed by atoms with Gasteiger partial charge >= 0.3 is 0 Å². The van der Waals surface area contributed by atoms with Crippen LogP contribution >= 0.6 is 0 Å². The molecule has 2 aromatic carbocycles. The molecule has 2 aliphatic heterocycles. The normalized spacial score (nSPS) is 16.5. The third-order valence-electron chi connectivity index (χ3n) is 6.23. The van der Waals surface area contributed by atoms with Crippen LogP contribution in [0.4, 0.5) is 8.78 Å². The molecule has 0 bridgehead atoms. The lowest BCUT2D eigenvalue weighted by Crippen LogP contribution is -2.49. The highest BCUT2D eigenvalue weighted by molar-refractivity contribution is 5.97. The Morgan fingerprint density at radius 1 is 1.16 bits per heavy atom. The number of fused-ring (bicyclic) bond motifs is 4. The van der Waals surface area contributed by atoms with Gasteiger partial charge in [0.15, 0.2) is 11.6 Å². The Morgan fingerprint density at radius 3 is 2.65 bits per heavy atom. The van der Waals surface area contributed by atoms with Gasteiger partial charge in [0.2, 0.25) is 0 Å². The number of rotatable bonds is 2. The second kappa shape index (κ2) is 7.08. The standard InChI is InChI=1S/C23H21F2N3O3/c1-27-21-14-5-3-4-6-17(14)31-23(15(21)13-26-27)9-11-28(12-10-23)22(29)19-18(30-2)8-7-16(24)20(19)25/h3-8,13H,9-12H2,1-2H3. The molecule has 1 fully saturated rings.